The number of hydrogen-bond acceptors (Lipinski definition) is 1. The molecule has 0 unspecified atom stereocenters. The van der Waals surface area contributed by atoms with E-state index in [0.29, 0.717) is 5.91 Å². The highest BCUT2D eigenvalue weighted by atomic mass is 16.2. The number of likely N-dealkylation sites (tertiary alicyclic amines) is 1. The van der Waals surface area contributed by atoms with Gasteiger partial charge in [-0.15, -0.1) is 0 Å². The summed E-state index contributed by atoms with van der Waals surface area (Å²) in [6.45, 7) is 10.2. The van der Waals surface area contributed by atoms with Crippen LogP contribution in [-0.4, -0.2) is 23.9 Å². The van der Waals surface area contributed by atoms with Crippen LogP contribution in [0.3, 0.4) is 0 Å². The zero-order valence-electron chi connectivity index (χ0n) is 9.26. The summed E-state index contributed by atoms with van der Waals surface area (Å²) in [7, 11) is 0. The summed E-state index contributed by atoms with van der Waals surface area (Å²) in [5, 5.41) is 0. The van der Waals surface area contributed by atoms with E-state index in [4.69, 9.17) is 0 Å². The quantitative estimate of drug-likeness (QED) is 0.564. The van der Waals surface area contributed by atoms with Gasteiger partial charge in [0.15, 0.2) is 0 Å². The molecule has 1 aliphatic rings. The van der Waals surface area contributed by atoms with Crippen molar-refractivity contribution in [1.29, 1.82) is 0 Å². The average molecular weight is 183 g/mol. The number of carbonyl (C=O) groups is 1. The zero-order valence-corrected chi connectivity index (χ0v) is 9.26. The molecule has 1 fully saturated rings. The number of carbonyl (C=O) groups excluding carboxylic acids is 1. The van der Waals surface area contributed by atoms with E-state index >= 15 is 0 Å². The van der Waals surface area contributed by atoms with Crippen molar-refractivity contribution in [1.82, 2.24) is 4.90 Å². The third kappa shape index (κ3) is 2.71. The average Bonchev–Trinajstić information content (AvgIpc) is 2.03. The van der Waals surface area contributed by atoms with Crippen molar-refractivity contribution < 1.29 is 4.79 Å². The fourth-order valence-corrected chi connectivity index (χ4v) is 1.69. The molecule has 0 aliphatic carbocycles. The van der Waals surface area contributed by atoms with Gasteiger partial charge in [0.05, 0.1) is 0 Å². The molecule has 0 radical (unpaired) electrons. The van der Waals surface area contributed by atoms with Crippen LogP contribution in [0.5, 0.6) is 0 Å². The van der Waals surface area contributed by atoms with Crippen LogP contribution in [0.1, 0.15) is 40.5 Å². The van der Waals surface area contributed by atoms with Crippen LogP contribution in [0.25, 0.3) is 0 Å². The van der Waals surface area contributed by atoms with Gasteiger partial charge in [0, 0.05) is 18.5 Å². The highest BCUT2D eigenvalue weighted by Crippen LogP contribution is 2.22. The first-order valence-corrected chi connectivity index (χ1v) is 5.20. The predicted octanol–water partition coefficient (Wildman–Crippen LogP) is 2.29. The van der Waals surface area contributed by atoms with Crippen molar-refractivity contribution in [3.8, 4) is 0 Å². The molecule has 0 aromatic rings. The Morgan fingerprint density at radius 2 is 1.69 bits per heavy atom. The van der Waals surface area contributed by atoms with Crippen LogP contribution < -0.4 is 0 Å². The van der Waals surface area contributed by atoms with E-state index in [0.717, 1.165) is 19.0 Å². The molecule has 0 saturated carbocycles. The monoisotopic (exact) mass is 183 g/mol. The molecule has 0 atom stereocenters. The standard InChI is InChI=1S/C11H21NO/c1-9-5-7-12(8-6-9)10(13)11(2,3)4/h9H,5-8H2,1-4H3. The van der Waals surface area contributed by atoms with Gasteiger partial charge in [-0.1, -0.05) is 27.7 Å². The first kappa shape index (κ1) is 10.6. The highest BCUT2D eigenvalue weighted by Gasteiger charge is 2.29. The molecule has 0 aromatic heterocycles. The fraction of sp³-hybridized carbons (Fsp3) is 0.909. The molecule has 0 aromatic carbocycles. The van der Waals surface area contributed by atoms with Crippen molar-refractivity contribution in [3.63, 3.8) is 0 Å². The Hall–Kier alpha value is -0.530. The van der Waals surface area contributed by atoms with Crippen LogP contribution in [0.4, 0.5) is 0 Å². The van der Waals surface area contributed by atoms with Gasteiger partial charge in [-0.3, -0.25) is 4.79 Å². The van der Waals surface area contributed by atoms with E-state index < -0.39 is 0 Å². The lowest BCUT2D eigenvalue weighted by molar-refractivity contribution is -0.140. The minimum absolute atomic E-state index is 0.208. The molecule has 2 heteroatoms. The number of hydrogen-bond donors (Lipinski definition) is 0. The Bertz CT molecular complexity index is 185. The molecule has 1 rings (SSSR count). The molecule has 0 spiro atoms. The number of nitrogens with zero attached hydrogens (tertiary/aromatic N) is 1. The maximum absolute atomic E-state index is 11.9. The second-order valence-electron chi connectivity index (χ2n) is 5.22. The molecule has 1 aliphatic heterocycles. The number of rotatable bonds is 0. The summed E-state index contributed by atoms with van der Waals surface area (Å²) in [5.74, 6) is 1.10. The van der Waals surface area contributed by atoms with Gasteiger partial charge in [-0.25, -0.2) is 0 Å². The van der Waals surface area contributed by atoms with Crippen LogP contribution in [0, 0.1) is 11.3 Å². The van der Waals surface area contributed by atoms with Gasteiger partial charge in [-0.2, -0.15) is 0 Å². The van der Waals surface area contributed by atoms with E-state index in [2.05, 4.69) is 6.92 Å². The third-order valence-corrected chi connectivity index (χ3v) is 2.71. The fourth-order valence-electron chi connectivity index (χ4n) is 1.69. The molecular weight excluding hydrogens is 162 g/mol. The smallest absolute Gasteiger partial charge is 0.227 e. The molecule has 1 saturated heterocycles. The topological polar surface area (TPSA) is 20.3 Å². The van der Waals surface area contributed by atoms with Gasteiger partial charge >= 0.3 is 0 Å². The van der Waals surface area contributed by atoms with E-state index in [1.54, 1.807) is 0 Å². The second kappa shape index (κ2) is 3.69. The molecule has 13 heavy (non-hydrogen) atoms. The summed E-state index contributed by atoms with van der Waals surface area (Å²) in [6, 6.07) is 0. The molecule has 0 bridgehead atoms. The second-order valence-corrected chi connectivity index (χ2v) is 5.22. The third-order valence-electron chi connectivity index (χ3n) is 2.71. The zero-order chi connectivity index (χ0) is 10.1. The van der Waals surface area contributed by atoms with Crippen molar-refractivity contribution in [2.45, 2.75) is 40.5 Å². The Labute approximate surface area is 81.3 Å². The molecule has 76 valence electrons. The van der Waals surface area contributed by atoms with Gasteiger partial charge in [0.1, 0.15) is 0 Å². The summed E-state index contributed by atoms with van der Waals surface area (Å²) >= 11 is 0. The van der Waals surface area contributed by atoms with E-state index in [-0.39, 0.29) is 5.41 Å². The van der Waals surface area contributed by atoms with Crippen LogP contribution in [0.2, 0.25) is 0 Å². The Balaban J connectivity index is 2.50. The van der Waals surface area contributed by atoms with Crippen LogP contribution in [0.15, 0.2) is 0 Å². The van der Waals surface area contributed by atoms with Gasteiger partial charge in [0.2, 0.25) is 5.91 Å². The molecule has 2 nitrogen and oxygen atoms in total. The first-order chi connectivity index (χ1) is 5.91. The first-order valence-electron chi connectivity index (χ1n) is 5.20. The number of amides is 1. The van der Waals surface area contributed by atoms with Crippen LogP contribution in [-0.2, 0) is 4.79 Å². The SMILES string of the molecule is CC1CCN(C(=O)C(C)(C)C)CC1. The molecule has 1 amide bonds. The predicted molar refractivity (Wildman–Crippen MR) is 54.4 cm³/mol. The summed E-state index contributed by atoms with van der Waals surface area (Å²) in [6.07, 6.45) is 2.34. The Kier molecular flexibility index (Phi) is 2.99. The summed E-state index contributed by atoms with van der Waals surface area (Å²) < 4.78 is 0. The van der Waals surface area contributed by atoms with Crippen molar-refractivity contribution in [2.75, 3.05) is 13.1 Å². The maximum atomic E-state index is 11.9. The van der Waals surface area contributed by atoms with Gasteiger partial charge in [-0.05, 0) is 18.8 Å². The number of piperidine rings is 1. The van der Waals surface area contributed by atoms with E-state index in [1.165, 1.54) is 12.8 Å². The van der Waals surface area contributed by atoms with Crippen LogP contribution >= 0.6 is 0 Å². The minimum atomic E-state index is -0.208. The highest BCUT2D eigenvalue weighted by molar-refractivity contribution is 5.81. The Morgan fingerprint density at radius 1 is 1.23 bits per heavy atom. The molecular formula is C11H21NO. The lowest BCUT2D eigenvalue weighted by Gasteiger charge is -2.34. The van der Waals surface area contributed by atoms with E-state index in [9.17, 15) is 4.79 Å². The maximum Gasteiger partial charge on any atom is 0.227 e. The summed E-state index contributed by atoms with van der Waals surface area (Å²) in [5.41, 5.74) is -0.208. The largest absolute Gasteiger partial charge is 0.342 e. The summed E-state index contributed by atoms with van der Waals surface area (Å²) in [4.78, 5) is 13.9. The Morgan fingerprint density at radius 3 is 2.08 bits per heavy atom. The van der Waals surface area contributed by atoms with Crippen molar-refractivity contribution in [2.24, 2.45) is 11.3 Å². The lowest BCUT2D eigenvalue weighted by atomic mass is 9.92. The van der Waals surface area contributed by atoms with Crippen molar-refractivity contribution >= 4 is 5.91 Å². The minimum Gasteiger partial charge on any atom is -0.342 e. The van der Waals surface area contributed by atoms with Gasteiger partial charge in [0.25, 0.3) is 0 Å². The molecule has 0 N–H and O–H groups in total. The normalized spacial score (nSPS) is 20.5. The van der Waals surface area contributed by atoms with E-state index in [1.807, 2.05) is 25.7 Å². The van der Waals surface area contributed by atoms with Crippen molar-refractivity contribution in [3.05, 3.63) is 0 Å². The lowest BCUT2D eigenvalue weighted by Crippen LogP contribution is -2.43. The van der Waals surface area contributed by atoms with Gasteiger partial charge < -0.3 is 4.90 Å². The molecule has 1 heterocycles.